The van der Waals surface area contributed by atoms with Gasteiger partial charge in [-0.3, -0.25) is 9.59 Å². The fourth-order valence-corrected chi connectivity index (χ4v) is 3.82. The van der Waals surface area contributed by atoms with E-state index in [0.717, 1.165) is 20.4 Å². The molecule has 4 rings (SSSR count). The summed E-state index contributed by atoms with van der Waals surface area (Å²) < 4.78 is 0.945. The van der Waals surface area contributed by atoms with Crippen molar-refractivity contribution in [3.8, 4) is 0 Å². The first kappa shape index (κ1) is 19.3. The number of benzene rings is 3. The van der Waals surface area contributed by atoms with E-state index in [4.69, 9.17) is 4.99 Å². The quantitative estimate of drug-likeness (QED) is 0.562. The minimum atomic E-state index is -1.02. The highest BCUT2D eigenvalue weighted by Gasteiger charge is 2.31. The van der Waals surface area contributed by atoms with Gasteiger partial charge in [0.1, 0.15) is 0 Å². The van der Waals surface area contributed by atoms with Crippen molar-refractivity contribution in [2.24, 2.45) is 4.99 Å². The zero-order valence-corrected chi connectivity index (χ0v) is 17.8. The van der Waals surface area contributed by atoms with Gasteiger partial charge in [-0.05, 0) is 46.9 Å². The number of nitrogens with zero attached hydrogens (tertiary/aromatic N) is 2. The normalized spacial score (nSPS) is 15.9. The number of rotatable bonds is 3. The third-order valence-electron chi connectivity index (χ3n) is 4.75. The molecule has 3 aromatic rings. The van der Waals surface area contributed by atoms with Crippen LogP contribution in [0.5, 0.6) is 0 Å². The van der Waals surface area contributed by atoms with Crippen molar-refractivity contribution in [2.45, 2.75) is 6.17 Å². The van der Waals surface area contributed by atoms with Gasteiger partial charge in [0.15, 0.2) is 0 Å². The first-order chi connectivity index (χ1) is 14.0. The van der Waals surface area contributed by atoms with Gasteiger partial charge in [-0.2, -0.15) is 0 Å². The largest absolute Gasteiger partial charge is 0.322 e. The highest BCUT2D eigenvalue weighted by atomic mass is 127. The second-order valence-electron chi connectivity index (χ2n) is 6.64. The van der Waals surface area contributed by atoms with E-state index in [0.29, 0.717) is 11.3 Å². The predicted octanol–water partition coefficient (Wildman–Crippen LogP) is 3.86. The van der Waals surface area contributed by atoms with Crippen molar-refractivity contribution in [3.05, 3.63) is 99.1 Å². The minimum absolute atomic E-state index is 0.289. The van der Waals surface area contributed by atoms with Gasteiger partial charge in [0, 0.05) is 27.3 Å². The molecule has 0 radical (unpaired) electrons. The summed E-state index contributed by atoms with van der Waals surface area (Å²) in [5.41, 5.74) is 3.65. The molecule has 1 aliphatic heterocycles. The Bertz CT molecular complexity index is 1110. The Kier molecular flexibility index (Phi) is 5.44. The van der Waals surface area contributed by atoms with Crippen LogP contribution in [0.15, 0.2) is 83.9 Å². The van der Waals surface area contributed by atoms with Gasteiger partial charge in [-0.1, -0.05) is 54.6 Å². The van der Waals surface area contributed by atoms with Gasteiger partial charge >= 0.3 is 0 Å². The van der Waals surface area contributed by atoms with Gasteiger partial charge in [0.25, 0.3) is 11.8 Å². The average Bonchev–Trinajstić information content (AvgIpc) is 2.85. The van der Waals surface area contributed by atoms with E-state index in [1.807, 2.05) is 66.7 Å². The van der Waals surface area contributed by atoms with Crippen LogP contribution in [0.4, 0.5) is 5.69 Å². The van der Waals surface area contributed by atoms with Crippen molar-refractivity contribution in [1.29, 1.82) is 0 Å². The van der Waals surface area contributed by atoms with Crippen LogP contribution in [0.3, 0.4) is 0 Å². The second kappa shape index (κ2) is 8.16. The number of nitrogens with one attached hydrogen (secondary N) is 1. The van der Waals surface area contributed by atoms with E-state index in [2.05, 4.69) is 27.9 Å². The fraction of sp³-hybridized carbons (Fsp3) is 0.0870. The van der Waals surface area contributed by atoms with Crippen molar-refractivity contribution in [1.82, 2.24) is 5.32 Å². The summed E-state index contributed by atoms with van der Waals surface area (Å²) in [6.45, 7) is 0. The van der Waals surface area contributed by atoms with Crippen LogP contribution in [0, 0.1) is 3.57 Å². The molecule has 1 heterocycles. The number of carbonyl (C=O) groups is 2. The Balaban J connectivity index is 1.78. The van der Waals surface area contributed by atoms with Crippen molar-refractivity contribution in [2.75, 3.05) is 11.9 Å². The number of para-hydroxylation sites is 1. The molecule has 0 saturated heterocycles. The number of aliphatic imine (C=N–C) groups is 1. The lowest BCUT2D eigenvalue weighted by Gasteiger charge is -2.20. The number of halogens is 1. The summed E-state index contributed by atoms with van der Waals surface area (Å²) in [7, 11) is 1.70. The van der Waals surface area contributed by atoms with Crippen LogP contribution in [0.1, 0.15) is 21.5 Å². The summed E-state index contributed by atoms with van der Waals surface area (Å²) in [6, 6.07) is 24.5. The number of benzodiazepines with no additional fused rings is 1. The molecule has 0 aromatic heterocycles. The Hall–Kier alpha value is -3.00. The molecule has 1 atom stereocenters. The van der Waals surface area contributed by atoms with Crippen LogP contribution >= 0.6 is 22.6 Å². The molecule has 3 aromatic carbocycles. The SMILES string of the molecule is CN1C(=O)[C@@H](NC(=O)c2cccc(I)c2)N=C(c2ccccc2)c2ccccc21. The molecule has 5 nitrogen and oxygen atoms in total. The van der Waals surface area contributed by atoms with Gasteiger partial charge in [0.2, 0.25) is 6.17 Å². The standard InChI is InChI=1S/C23H18IN3O2/c1-27-19-13-6-5-12-18(19)20(15-8-3-2-4-9-15)25-21(23(27)29)26-22(28)16-10-7-11-17(24)14-16/h2-14,21H,1H3,(H,26,28)/t21-/m1/s1. The molecule has 144 valence electrons. The maximum Gasteiger partial charge on any atom is 0.272 e. The maximum atomic E-state index is 13.1. The molecule has 1 N–H and O–H groups in total. The molecule has 0 fully saturated rings. The molecule has 0 unspecified atom stereocenters. The Morgan fingerprint density at radius 1 is 1.00 bits per heavy atom. The number of hydrogen-bond donors (Lipinski definition) is 1. The summed E-state index contributed by atoms with van der Waals surface area (Å²) in [6.07, 6.45) is -1.02. The Labute approximate surface area is 182 Å². The van der Waals surface area contributed by atoms with Crippen LogP contribution in [0.2, 0.25) is 0 Å². The first-order valence-corrected chi connectivity index (χ1v) is 10.2. The van der Waals surface area contributed by atoms with Gasteiger partial charge in [0.05, 0.1) is 11.4 Å². The number of carbonyl (C=O) groups excluding carboxylic acids is 2. The molecular weight excluding hydrogens is 477 g/mol. The smallest absolute Gasteiger partial charge is 0.272 e. The van der Waals surface area contributed by atoms with Gasteiger partial charge in [-0.25, -0.2) is 4.99 Å². The third-order valence-corrected chi connectivity index (χ3v) is 5.42. The fourth-order valence-electron chi connectivity index (χ4n) is 3.28. The minimum Gasteiger partial charge on any atom is -0.322 e. The molecule has 29 heavy (non-hydrogen) atoms. The van der Waals surface area contributed by atoms with E-state index in [-0.39, 0.29) is 11.8 Å². The lowest BCUT2D eigenvalue weighted by Crippen LogP contribution is -2.46. The van der Waals surface area contributed by atoms with Gasteiger partial charge < -0.3 is 10.2 Å². The molecule has 2 amide bonds. The number of anilines is 1. The van der Waals surface area contributed by atoms with Crippen LogP contribution < -0.4 is 10.2 Å². The summed E-state index contributed by atoms with van der Waals surface area (Å²) >= 11 is 2.15. The van der Waals surface area contributed by atoms with Crippen molar-refractivity contribution >= 4 is 45.8 Å². The lowest BCUT2D eigenvalue weighted by molar-refractivity contribution is -0.119. The molecule has 0 spiro atoms. The number of amides is 2. The summed E-state index contributed by atoms with van der Waals surface area (Å²) in [5.74, 6) is -0.625. The molecule has 6 heteroatoms. The predicted molar refractivity (Wildman–Crippen MR) is 122 cm³/mol. The highest BCUT2D eigenvalue weighted by Crippen LogP contribution is 2.27. The van der Waals surface area contributed by atoms with E-state index >= 15 is 0 Å². The van der Waals surface area contributed by atoms with Crippen molar-refractivity contribution < 1.29 is 9.59 Å². The van der Waals surface area contributed by atoms with Gasteiger partial charge in [-0.15, -0.1) is 0 Å². The van der Waals surface area contributed by atoms with Crippen LogP contribution in [-0.4, -0.2) is 30.7 Å². The maximum absolute atomic E-state index is 13.1. The topological polar surface area (TPSA) is 61.8 Å². The zero-order chi connectivity index (χ0) is 20.4. The van der Waals surface area contributed by atoms with Crippen molar-refractivity contribution in [3.63, 3.8) is 0 Å². The Morgan fingerprint density at radius 2 is 1.72 bits per heavy atom. The molecule has 0 saturated carbocycles. The monoisotopic (exact) mass is 495 g/mol. The van der Waals surface area contributed by atoms with Crippen LogP contribution in [0.25, 0.3) is 0 Å². The summed E-state index contributed by atoms with van der Waals surface area (Å²) in [4.78, 5) is 32.2. The van der Waals surface area contributed by atoms with E-state index < -0.39 is 6.17 Å². The average molecular weight is 495 g/mol. The highest BCUT2D eigenvalue weighted by molar-refractivity contribution is 14.1. The van der Waals surface area contributed by atoms with E-state index in [9.17, 15) is 9.59 Å². The second-order valence-corrected chi connectivity index (χ2v) is 7.89. The Morgan fingerprint density at radius 3 is 2.48 bits per heavy atom. The molecule has 1 aliphatic rings. The first-order valence-electron chi connectivity index (χ1n) is 9.11. The van der Waals surface area contributed by atoms with E-state index in [1.165, 1.54) is 0 Å². The molecular formula is C23H18IN3O2. The third kappa shape index (κ3) is 3.93. The number of fused-ring (bicyclic) bond motifs is 1. The molecule has 0 aliphatic carbocycles. The zero-order valence-electron chi connectivity index (χ0n) is 15.7. The van der Waals surface area contributed by atoms with E-state index in [1.54, 1.807) is 24.1 Å². The number of likely N-dealkylation sites (N-methyl/N-ethyl adjacent to an activating group) is 1. The number of hydrogen-bond acceptors (Lipinski definition) is 3. The summed E-state index contributed by atoms with van der Waals surface area (Å²) in [5, 5.41) is 2.80. The van der Waals surface area contributed by atoms with Crippen LogP contribution in [-0.2, 0) is 4.79 Å². The molecule has 0 bridgehead atoms. The lowest BCUT2D eigenvalue weighted by atomic mass is 10.0.